The predicted octanol–water partition coefficient (Wildman–Crippen LogP) is 1.93. The molecule has 2 N–H and O–H groups in total. The largest absolute Gasteiger partial charge is 0.504 e. The number of aromatic hydroxyl groups is 1. The van der Waals surface area contributed by atoms with E-state index in [0.717, 1.165) is 0 Å². The van der Waals surface area contributed by atoms with E-state index >= 15 is 0 Å². The molecule has 0 radical (unpaired) electrons. The van der Waals surface area contributed by atoms with Crippen molar-refractivity contribution in [3.8, 4) is 11.5 Å². The summed E-state index contributed by atoms with van der Waals surface area (Å²) in [5.41, 5.74) is -0.732. The summed E-state index contributed by atoms with van der Waals surface area (Å²) in [4.78, 5) is 0. The zero-order valence-electron chi connectivity index (χ0n) is 8.53. The van der Waals surface area contributed by atoms with Crippen molar-refractivity contribution in [1.29, 1.82) is 0 Å². The highest BCUT2D eigenvalue weighted by atomic mass is 16.5. The standard InChI is InChI=1S/C11H16O3/c1-11(2,13)7-8-14-10-6-4-3-5-9(10)12/h3-6,12-13H,7-8H2,1-2H3. The number of hydrogen-bond donors (Lipinski definition) is 2. The Bertz CT molecular complexity index is 289. The topological polar surface area (TPSA) is 49.7 Å². The molecular weight excluding hydrogens is 180 g/mol. The minimum absolute atomic E-state index is 0.128. The van der Waals surface area contributed by atoms with Gasteiger partial charge in [-0.2, -0.15) is 0 Å². The number of rotatable bonds is 4. The summed E-state index contributed by atoms with van der Waals surface area (Å²) in [6, 6.07) is 6.79. The number of phenolic OH excluding ortho intramolecular Hbond substituents is 1. The molecule has 1 rings (SSSR count). The second-order valence-electron chi connectivity index (χ2n) is 3.88. The van der Waals surface area contributed by atoms with Gasteiger partial charge in [0.1, 0.15) is 0 Å². The van der Waals surface area contributed by atoms with Gasteiger partial charge in [-0.25, -0.2) is 0 Å². The lowest BCUT2D eigenvalue weighted by Gasteiger charge is -2.17. The maximum absolute atomic E-state index is 9.42. The first-order chi connectivity index (χ1) is 6.49. The average molecular weight is 196 g/mol. The predicted molar refractivity (Wildman–Crippen MR) is 54.5 cm³/mol. The molecule has 0 aliphatic rings. The minimum atomic E-state index is -0.732. The van der Waals surface area contributed by atoms with Gasteiger partial charge in [0.05, 0.1) is 12.2 Å². The average Bonchev–Trinajstić information content (AvgIpc) is 2.06. The zero-order valence-corrected chi connectivity index (χ0v) is 8.53. The van der Waals surface area contributed by atoms with Crippen LogP contribution in [-0.4, -0.2) is 22.4 Å². The lowest BCUT2D eigenvalue weighted by Crippen LogP contribution is -2.21. The third kappa shape index (κ3) is 3.66. The van der Waals surface area contributed by atoms with E-state index in [1.807, 2.05) is 0 Å². The van der Waals surface area contributed by atoms with E-state index in [9.17, 15) is 10.2 Å². The molecule has 78 valence electrons. The number of para-hydroxylation sites is 2. The van der Waals surface area contributed by atoms with E-state index in [4.69, 9.17) is 4.74 Å². The molecule has 3 nitrogen and oxygen atoms in total. The molecular formula is C11H16O3. The quantitative estimate of drug-likeness (QED) is 0.773. The summed E-state index contributed by atoms with van der Waals surface area (Å²) >= 11 is 0. The summed E-state index contributed by atoms with van der Waals surface area (Å²) in [6.45, 7) is 3.84. The van der Waals surface area contributed by atoms with Gasteiger partial charge in [-0.3, -0.25) is 0 Å². The second kappa shape index (κ2) is 4.33. The minimum Gasteiger partial charge on any atom is -0.504 e. The van der Waals surface area contributed by atoms with E-state index < -0.39 is 5.60 Å². The van der Waals surface area contributed by atoms with Crippen LogP contribution in [0.25, 0.3) is 0 Å². The van der Waals surface area contributed by atoms with E-state index in [-0.39, 0.29) is 5.75 Å². The van der Waals surface area contributed by atoms with Gasteiger partial charge in [0.25, 0.3) is 0 Å². The molecule has 0 bridgehead atoms. The van der Waals surface area contributed by atoms with Crippen LogP contribution < -0.4 is 4.74 Å². The van der Waals surface area contributed by atoms with Gasteiger partial charge < -0.3 is 14.9 Å². The first kappa shape index (κ1) is 10.9. The van der Waals surface area contributed by atoms with Gasteiger partial charge in [0.15, 0.2) is 11.5 Å². The third-order valence-electron chi connectivity index (χ3n) is 1.84. The van der Waals surface area contributed by atoms with Gasteiger partial charge in [-0.15, -0.1) is 0 Å². The zero-order chi connectivity index (χ0) is 10.6. The van der Waals surface area contributed by atoms with Crippen LogP contribution in [0.2, 0.25) is 0 Å². The number of ether oxygens (including phenoxy) is 1. The fourth-order valence-electron chi connectivity index (χ4n) is 0.990. The van der Waals surface area contributed by atoms with Gasteiger partial charge >= 0.3 is 0 Å². The second-order valence-corrected chi connectivity index (χ2v) is 3.88. The first-order valence-electron chi connectivity index (χ1n) is 4.62. The maximum Gasteiger partial charge on any atom is 0.160 e. The number of aliphatic hydroxyl groups is 1. The van der Waals surface area contributed by atoms with Crippen molar-refractivity contribution in [3.63, 3.8) is 0 Å². The summed E-state index contributed by atoms with van der Waals surface area (Å²) in [6.07, 6.45) is 0.529. The molecule has 3 heteroatoms. The van der Waals surface area contributed by atoms with Crippen LogP contribution in [0.5, 0.6) is 11.5 Å². The molecule has 0 aliphatic carbocycles. The molecule has 0 amide bonds. The molecule has 0 heterocycles. The molecule has 14 heavy (non-hydrogen) atoms. The molecule has 0 aromatic heterocycles. The summed E-state index contributed by atoms with van der Waals surface area (Å²) < 4.78 is 5.30. The highest BCUT2D eigenvalue weighted by Crippen LogP contribution is 2.24. The van der Waals surface area contributed by atoms with Crippen LogP contribution in [0.3, 0.4) is 0 Å². The molecule has 0 aliphatic heterocycles. The summed E-state index contributed by atoms with van der Waals surface area (Å²) in [7, 11) is 0. The first-order valence-corrected chi connectivity index (χ1v) is 4.62. The van der Waals surface area contributed by atoms with Crippen LogP contribution in [-0.2, 0) is 0 Å². The fraction of sp³-hybridized carbons (Fsp3) is 0.455. The van der Waals surface area contributed by atoms with Gasteiger partial charge in [-0.05, 0) is 26.0 Å². The molecule has 1 aromatic carbocycles. The molecule has 1 aromatic rings. The maximum atomic E-state index is 9.42. The van der Waals surface area contributed by atoms with Gasteiger partial charge in [0, 0.05) is 6.42 Å². The van der Waals surface area contributed by atoms with Crippen molar-refractivity contribution in [1.82, 2.24) is 0 Å². The van der Waals surface area contributed by atoms with Crippen molar-refractivity contribution < 1.29 is 14.9 Å². The van der Waals surface area contributed by atoms with Crippen molar-refractivity contribution in [3.05, 3.63) is 24.3 Å². The Labute approximate surface area is 84.0 Å². The summed E-state index contributed by atoms with van der Waals surface area (Å²) in [5.74, 6) is 0.583. The monoisotopic (exact) mass is 196 g/mol. The molecule has 0 saturated carbocycles. The van der Waals surface area contributed by atoms with Crippen molar-refractivity contribution in [2.75, 3.05) is 6.61 Å². The molecule has 0 unspecified atom stereocenters. The van der Waals surface area contributed by atoms with Crippen molar-refractivity contribution in [2.45, 2.75) is 25.9 Å². The normalized spacial score (nSPS) is 11.4. The lowest BCUT2D eigenvalue weighted by molar-refractivity contribution is 0.0549. The SMILES string of the molecule is CC(C)(O)CCOc1ccccc1O. The molecule has 0 fully saturated rings. The van der Waals surface area contributed by atoms with E-state index in [1.165, 1.54) is 0 Å². The Morgan fingerprint density at radius 1 is 1.29 bits per heavy atom. The molecule has 0 saturated heterocycles. The molecule has 0 atom stereocenters. The van der Waals surface area contributed by atoms with E-state index in [0.29, 0.717) is 18.8 Å². The van der Waals surface area contributed by atoms with Crippen LogP contribution in [0.15, 0.2) is 24.3 Å². The van der Waals surface area contributed by atoms with Gasteiger partial charge in [-0.1, -0.05) is 12.1 Å². The summed E-state index contributed by atoms with van der Waals surface area (Å²) in [5, 5.41) is 18.8. The Hall–Kier alpha value is -1.22. The Morgan fingerprint density at radius 2 is 1.93 bits per heavy atom. The van der Waals surface area contributed by atoms with Crippen LogP contribution in [0.1, 0.15) is 20.3 Å². The fourth-order valence-corrected chi connectivity index (χ4v) is 0.990. The molecule has 0 spiro atoms. The highest BCUT2D eigenvalue weighted by molar-refractivity contribution is 5.37. The third-order valence-corrected chi connectivity index (χ3v) is 1.84. The van der Waals surface area contributed by atoms with Crippen molar-refractivity contribution >= 4 is 0 Å². The lowest BCUT2D eigenvalue weighted by atomic mass is 10.1. The Balaban J connectivity index is 2.43. The Kier molecular flexibility index (Phi) is 3.36. The number of benzene rings is 1. The van der Waals surface area contributed by atoms with E-state index in [2.05, 4.69) is 0 Å². The van der Waals surface area contributed by atoms with Gasteiger partial charge in [0.2, 0.25) is 0 Å². The Morgan fingerprint density at radius 3 is 2.50 bits per heavy atom. The number of phenols is 1. The van der Waals surface area contributed by atoms with Crippen molar-refractivity contribution in [2.24, 2.45) is 0 Å². The van der Waals surface area contributed by atoms with Crippen LogP contribution in [0, 0.1) is 0 Å². The highest BCUT2D eigenvalue weighted by Gasteiger charge is 2.12. The van der Waals surface area contributed by atoms with E-state index in [1.54, 1.807) is 38.1 Å². The smallest absolute Gasteiger partial charge is 0.160 e. The van der Waals surface area contributed by atoms with Crippen LogP contribution in [0.4, 0.5) is 0 Å². The van der Waals surface area contributed by atoms with Crippen LogP contribution >= 0.6 is 0 Å². The number of hydrogen-bond acceptors (Lipinski definition) is 3.